The van der Waals surface area contributed by atoms with Gasteiger partial charge in [-0.25, -0.2) is 9.55 Å². The fourth-order valence-corrected chi connectivity index (χ4v) is 2.02. The van der Waals surface area contributed by atoms with Gasteiger partial charge in [0.2, 0.25) is 0 Å². The minimum Gasteiger partial charge on any atom is -0.385 e. The Hall–Kier alpha value is -0.910. The maximum Gasteiger partial charge on any atom is 0.253 e. The Labute approximate surface area is 122 Å². The molecule has 0 saturated heterocycles. The van der Waals surface area contributed by atoms with Gasteiger partial charge >= 0.3 is 0 Å². The van der Waals surface area contributed by atoms with E-state index in [9.17, 15) is 0 Å². The number of aryl methyl sites for hydroxylation is 2. The first-order valence-electron chi connectivity index (χ1n) is 7.58. The molecule has 0 aliphatic carbocycles. The third-order valence-corrected chi connectivity index (χ3v) is 3.09. The van der Waals surface area contributed by atoms with Crippen LogP contribution in [0, 0.1) is 0 Å². The molecule has 20 heavy (non-hydrogen) atoms. The number of nitrogens with zero attached hydrogens (tertiary/aromatic N) is 1. The average Bonchev–Trinajstić information content (AvgIpc) is 2.92. The molecule has 1 aromatic rings. The van der Waals surface area contributed by atoms with Crippen molar-refractivity contribution in [2.45, 2.75) is 39.2 Å². The zero-order valence-corrected chi connectivity index (χ0v) is 12.9. The maximum atomic E-state index is 5.60. The molecule has 0 amide bonds. The van der Waals surface area contributed by atoms with E-state index in [2.05, 4.69) is 22.7 Å². The van der Waals surface area contributed by atoms with E-state index in [0.29, 0.717) is 0 Å². The highest BCUT2D eigenvalue weighted by atomic mass is 16.5. The second-order valence-electron chi connectivity index (χ2n) is 4.73. The second-order valence-corrected chi connectivity index (χ2v) is 4.73. The predicted octanol–water partition coefficient (Wildman–Crippen LogP) is 1.71. The van der Waals surface area contributed by atoms with Crippen LogP contribution in [0.2, 0.25) is 0 Å². The average molecular weight is 285 g/mol. The van der Waals surface area contributed by atoms with Gasteiger partial charge in [0.15, 0.2) is 0 Å². The normalized spacial score (nSPS) is 11.1. The molecule has 0 bridgehead atoms. The molecule has 0 aliphatic heterocycles. The van der Waals surface area contributed by atoms with Gasteiger partial charge in [-0.05, 0) is 12.8 Å². The fraction of sp³-hybridized carbons (Fsp3) is 0.800. The van der Waals surface area contributed by atoms with Crippen molar-refractivity contribution in [3.63, 3.8) is 0 Å². The molecule has 0 aliphatic rings. The van der Waals surface area contributed by atoms with Gasteiger partial charge in [-0.3, -0.25) is 0 Å². The molecule has 1 N–H and O–H groups in total. The first-order chi connectivity index (χ1) is 9.88. The quantitative estimate of drug-likeness (QED) is 0.443. The van der Waals surface area contributed by atoms with Crippen LogP contribution in [0.25, 0.3) is 0 Å². The molecule has 0 atom stereocenters. The van der Waals surface area contributed by atoms with Crippen LogP contribution in [-0.2, 0) is 27.2 Å². The molecule has 5 nitrogen and oxygen atoms in total. The van der Waals surface area contributed by atoms with Crippen LogP contribution < -0.4 is 4.57 Å². The Bertz CT molecular complexity index is 329. The first kappa shape index (κ1) is 17.1. The second kappa shape index (κ2) is 11.9. The molecule has 0 radical (unpaired) electrons. The van der Waals surface area contributed by atoms with Gasteiger partial charge in [0.25, 0.3) is 5.82 Å². The van der Waals surface area contributed by atoms with Gasteiger partial charge < -0.3 is 14.2 Å². The van der Waals surface area contributed by atoms with Crippen molar-refractivity contribution < 1.29 is 18.8 Å². The lowest BCUT2D eigenvalue weighted by Crippen LogP contribution is -2.36. The summed E-state index contributed by atoms with van der Waals surface area (Å²) in [6.07, 6.45) is 8.08. The minimum absolute atomic E-state index is 0.771. The summed E-state index contributed by atoms with van der Waals surface area (Å²) in [5, 5.41) is 0. The summed E-state index contributed by atoms with van der Waals surface area (Å²) in [6.45, 7) is 7.08. The zero-order valence-electron chi connectivity index (χ0n) is 12.9. The van der Waals surface area contributed by atoms with E-state index < -0.39 is 0 Å². The highest BCUT2D eigenvalue weighted by molar-refractivity contribution is 4.75. The predicted molar refractivity (Wildman–Crippen MR) is 77.7 cm³/mol. The zero-order chi connectivity index (χ0) is 14.5. The topological polar surface area (TPSA) is 47.4 Å². The van der Waals surface area contributed by atoms with Crippen LogP contribution in [0.15, 0.2) is 12.4 Å². The number of aromatic amines is 1. The number of imidazole rings is 1. The summed E-state index contributed by atoms with van der Waals surface area (Å²) in [5.74, 6) is 1.27. The number of ether oxygens (including phenoxy) is 3. The first-order valence-corrected chi connectivity index (χ1v) is 7.58. The summed E-state index contributed by atoms with van der Waals surface area (Å²) in [7, 11) is 1.71. The van der Waals surface area contributed by atoms with E-state index in [4.69, 9.17) is 14.2 Å². The lowest BCUT2D eigenvalue weighted by atomic mass is 10.4. The molecule has 0 aromatic carbocycles. The Morgan fingerprint density at radius 1 is 1.00 bits per heavy atom. The lowest BCUT2D eigenvalue weighted by molar-refractivity contribution is -0.703. The highest BCUT2D eigenvalue weighted by Crippen LogP contribution is 1.92. The molecule has 5 heteroatoms. The van der Waals surface area contributed by atoms with Crippen molar-refractivity contribution in [2.75, 3.05) is 40.1 Å². The number of rotatable bonds is 13. The molecule has 116 valence electrons. The van der Waals surface area contributed by atoms with E-state index in [1.165, 1.54) is 5.82 Å². The molecular formula is C15H29N2O3+. The number of nitrogens with one attached hydrogen (secondary N) is 1. The summed E-state index contributed by atoms with van der Waals surface area (Å²) < 4.78 is 18.3. The summed E-state index contributed by atoms with van der Waals surface area (Å²) >= 11 is 0. The van der Waals surface area contributed by atoms with Crippen LogP contribution in [-0.4, -0.2) is 45.1 Å². The largest absolute Gasteiger partial charge is 0.385 e. The van der Waals surface area contributed by atoms with E-state index in [0.717, 1.165) is 65.3 Å². The standard InChI is InChI=1S/C15H28N2O3/c1-3-15-16-7-9-17(15)8-4-11-19-13-6-14-20-12-5-10-18-2/h7,9H,3-6,8,10-14H2,1-2H3/p+1. The number of aromatic nitrogens is 2. The van der Waals surface area contributed by atoms with Crippen molar-refractivity contribution in [2.24, 2.45) is 0 Å². The monoisotopic (exact) mass is 285 g/mol. The van der Waals surface area contributed by atoms with E-state index >= 15 is 0 Å². The Morgan fingerprint density at radius 3 is 2.30 bits per heavy atom. The van der Waals surface area contributed by atoms with Crippen molar-refractivity contribution in [3.8, 4) is 0 Å². The highest BCUT2D eigenvalue weighted by Gasteiger charge is 2.06. The third kappa shape index (κ3) is 7.62. The van der Waals surface area contributed by atoms with Gasteiger partial charge in [0.1, 0.15) is 12.4 Å². The van der Waals surface area contributed by atoms with Gasteiger partial charge in [-0.1, -0.05) is 6.92 Å². The van der Waals surface area contributed by atoms with Gasteiger partial charge in [0, 0.05) is 46.4 Å². The minimum atomic E-state index is 0.771. The summed E-state index contributed by atoms with van der Waals surface area (Å²) in [6, 6.07) is 0. The van der Waals surface area contributed by atoms with Crippen LogP contribution in [0.3, 0.4) is 0 Å². The Balaban J connectivity index is 1.85. The van der Waals surface area contributed by atoms with Crippen molar-refractivity contribution in [3.05, 3.63) is 18.2 Å². The van der Waals surface area contributed by atoms with E-state index in [1.54, 1.807) is 7.11 Å². The van der Waals surface area contributed by atoms with Crippen molar-refractivity contribution >= 4 is 0 Å². The number of hydrogen-bond acceptors (Lipinski definition) is 3. The molecule has 0 unspecified atom stereocenters. The SMILES string of the molecule is CCc1[nH]cc[n+]1CCCOCCCOCCCOC. The van der Waals surface area contributed by atoms with Crippen LogP contribution >= 0.6 is 0 Å². The fourth-order valence-electron chi connectivity index (χ4n) is 2.02. The molecule has 0 spiro atoms. The summed E-state index contributed by atoms with van der Waals surface area (Å²) in [5.41, 5.74) is 0. The maximum absolute atomic E-state index is 5.60. The molecule has 1 aromatic heterocycles. The molecule has 0 saturated carbocycles. The van der Waals surface area contributed by atoms with Crippen LogP contribution in [0.5, 0.6) is 0 Å². The van der Waals surface area contributed by atoms with Crippen molar-refractivity contribution in [1.29, 1.82) is 0 Å². The Kier molecular flexibility index (Phi) is 10.2. The lowest BCUT2D eigenvalue weighted by Gasteiger charge is -2.05. The number of H-pyrrole nitrogens is 1. The smallest absolute Gasteiger partial charge is 0.253 e. The van der Waals surface area contributed by atoms with Gasteiger partial charge in [0.05, 0.1) is 13.2 Å². The van der Waals surface area contributed by atoms with Gasteiger partial charge in [-0.15, -0.1) is 0 Å². The van der Waals surface area contributed by atoms with Crippen LogP contribution in [0.4, 0.5) is 0 Å². The molecular weight excluding hydrogens is 256 g/mol. The number of hydrogen-bond donors (Lipinski definition) is 1. The third-order valence-electron chi connectivity index (χ3n) is 3.09. The Morgan fingerprint density at radius 2 is 1.65 bits per heavy atom. The van der Waals surface area contributed by atoms with Crippen LogP contribution in [0.1, 0.15) is 32.0 Å². The molecule has 1 heterocycles. The molecule has 0 fully saturated rings. The van der Waals surface area contributed by atoms with Crippen molar-refractivity contribution in [1.82, 2.24) is 4.98 Å². The molecule has 1 rings (SSSR count). The van der Waals surface area contributed by atoms with E-state index in [-0.39, 0.29) is 0 Å². The van der Waals surface area contributed by atoms with Gasteiger partial charge in [-0.2, -0.15) is 0 Å². The van der Waals surface area contributed by atoms with E-state index in [1.807, 2.05) is 6.20 Å². The number of methoxy groups -OCH3 is 1. The summed E-state index contributed by atoms with van der Waals surface area (Å²) in [4.78, 5) is 3.24.